The molecule has 16 heavy (non-hydrogen) atoms. The maximum atomic E-state index is 8.92. The Morgan fingerprint density at radius 1 is 1.00 bits per heavy atom. The van der Waals surface area contributed by atoms with Crippen molar-refractivity contribution in [2.24, 2.45) is 0 Å². The van der Waals surface area contributed by atoms with Gasteiger partial charge in [-0.15, -0.1) is 0 Å². The number of aliphatic hydroxyl groups excluding tert-OH is 1. The van der Waals surface area contributed by atoms with Gasteiger partial charge in [-0.1, -0.05) is 29.8 Å². The largest absolute Gasteiger partial charge is 0.392 e. The maximum Gasteiger partial charge on any atom is 0.0681 e. The average molecular weight is 234 g/mol. The number of halogens is 1. The zero-order valence-electron chi connectivity index (χ0n) is 8.65. The number of rotatable bonds is 3. The fourth-order valence-electron chi connectivity index (χ4n) is 1.43. The molecule has 2 aromatic carbocycles. The number of benzene rings is 2. The summed E-state index contributed by atoms with van der Waals surface area (Å²) in [5.41, 5.74) is 2.82. The molecule has 0 heterocycles. The van der Waals surface area contributed by atoms with E-state index in [0.29, 0.717) is 5.02 Å². The standard InChI is InChI=1S/C13H12ClNO/c14-11-2-1-3-13(8-11)15-12-6-4-10(9-16)5-7-12/h1-8,15-16H,9H2. The Kier molecular flexibility index (Phi) is 3.44. The van der Waals surface area contributed by atoms with Crippen molar-refractivity contribution >= 4 is 23.0 Å². The van der Waals surface area contributed by atoms with Crippen molar-refractivity contribution in [3.63, 3.8) is 0 Å². The molecule has 0 aliphatic heterocycles. The van der Waals surface area contributed by atoms with Gasteiger partial charge >= 0.3 is 0 Å². The van der Waals surface area contributed by atoms with Gasteiger partial charge in [0.15, 0.2) is 0 Å². The molecular formula is C13H12ClNO. The molecule has 82 valence electrons. The monoisotopic (exact) mass is 233 g/mol. The first-order valence-corrected chi connectivity index (χ1v) is 5.38. The lowest BCUT2D eigenvalue weighted by molar-refractivity contribution is 0.282. The summed E-state index contributed by atoms with van der Waals surface area (Å²) >= 11 is 5.89. The van der Waals surface area contributed by atoms with Crippen LogP contribution in [-0.4, -0.2) is 5.11 Å². The second-order valence-electron chi connectivity index (χ2n) is 3.49. The summed E-state index contributed by atoms with van der Waals surface area (Å²) in [6.45, 7) is 0.0669. The quantitative estimate of drug-likeness (QED) is 0.850. The van der Waals surface area contributed by atoms with Crippen LogP contribution in [0.5, 0.6) is 0 Å². The molecule has 2 nitrogen and oxygen atoms in total. The van der Waals surface area contributed by atoms with Gasteiger partial charge in [-0.2, -0.15) is 0 Å². The molecule has 0 aliphatic carbocycles. The van der Waals surface area contributed by atoms with Crippen molar-refractivity contribution in [1.29, 1.82) is 0 Å². The van der Waals surface area contributed by atoms with Gasteiger partial charge in [-0.25, -0.2) is 0 Å². The third-order valence-electron chi connectivity index (χ3n) is 2.25. The van der Waals surface area contributed by atoms with Crippen LogP contribution in [0, 0.1) is 0 Å². The molecule has 0 spiro atoms. The zero-order valence-corrected chi connectivity index (χ0v) is 9.41. The van der Waals surface area contributed by atoms with Gasteiger partial charge in [0.05, 0.1) is 6.61 Å². The Bertz CT molecular complexity index is 468. The summed E-state index contributed by atoms with van der Waals surface area (Å²) < 4.78 is 0. The number of hydrogen-bond donors (Lipinski definition) is 2. The molecule has 0 amide bonds. The molecular weight excluding hydrogens is 222 g/mol. The van der Waals surface area contributed by atoms with Crippen molar-refractivity contribution in [2.45, 2.75) is 6.61 Å². The van der Waals surface area contributed by atoms with Crippen molar-refractivity contribution in [3.8, 4) is 0 Å². The Balaban J connectivity index is 2.14. The van der Waals surface area contributed by atoms with Crippen LogP contribution in [0.15, 0.2) is 48.5 Å². The van der Waals surface area contributed by atoms with E-state index in [4.69, 9.17) is 16.7 Å². The smallest absolute Gasteiger partial charge is 0.0681 e. The predicted molar refractivity (Wildman–Crippen MR) is 67.1 cm³/mol. The Hall–Kier alpha value is -1.51. The highest BCUT2D eigenvalue weighted by molar-refractivity contribution is 6.30. The molecule has 2 aromatic rings. The molecule has 0 saturated carbocycles. The molecule has 3 heteroatoms. The highest BCUT2D eigenvalue weighted by atomic mass is 35.5. The van der Waals surface area contributed by atoms with Crippen LogP contribution in [0.1, 0.15) is 5.56 Å². The third kappa shape index (κ3) is 2.75. The lowest BCUT2D eigenvalue weighted by atomic mass is 10.2. The van der Waals surface area contributed by atoms with Crippen LogP contribution in [0.4, 0.5) is 11.4 Å². The average Bonchev–Trinajstić information content (AvgIpc) is 2.30. The lowest BCUT2D eigenvalue weighted by Gasteiger charge is -2.07. The molecule has 2 rings (SSSR count). The predicted octanol–water partition coefficient (Wildman–Crippen LogP) is 3.58. The molecule has 0 fully saturated rings. The molecule has 0 atom stereocenters. The minimum atomic E-state index is 0.0669. The van der Waals surface area contributed by atoms with Gasteiger partial charge in [0.2, 0.25) is 0 Å². The van der Waals surface area contributed by atoms with E-state index in [9.17, 15) is 0 Å². The second-order valence-corrected chi connectivity index (χ2v) is 3.93. The molecule has 0 aliphatic rings. The van der Waals surface area contributed by atoms with E-state index < -0.39 is 0 Å². The number of hydrogen-bond acceptors (Lipinski definition) is 2. The first-order valence-electron chi connectivity index (χ1n) is 5.00. The topological polar surface area (TPSA) is 32.3 Å². The van der Waals surface area contributed by atoms with E-state index in [0.717, 1.165) is 16.9 Å². The van der Waals surface area contributed by atoms with Gasteiger partial charge in [0.1, 0.15) is 0 Å². The SMILES string of the molecule is OCc1ccc(Nc2cccc(Cl)c2)cc1. The lowest BCUT2D eigenvalue weighted by Crippen LogP contribution is -1.90. The number of anilines is 2. The van der Waals surface area contributed by atoms with E-state index >= 15 is 0 Å². The van der Waals surface area contributed by atoms with Crippen LogP contribution >= 0.6 is 11.6 Å². The van der Waals surface area contributed by atoms with Crippen LogP contribution in [0.3, 0.4) is 0 Å². The van der Waals surface area contributed by atoms with Crippen LogP contribution in [-0.2, 0) is 6.61 Å². The first kappa shape index (κ1) is 11.0. The van der Waals surface area contributed by atoms with Crippen LogP contribution in [0.25, 0.3) is 0 Å². The van der Waals surface area contributed by atoms with Crippen molar-refractivity contribution in [1.82, 2.24) is 0 Å². The summed E-state index contributed by atoms with van der Waals surface area (Å²) in [5, 5.41) is 12.9. The van der Waals surface area contributed by atoms with Gasteiger partial charge < -0.3 is 10.4 Å². The van der Waals surface area contributed by atoms with Crippen molar-refractivity contribution in [2.75, 3.05) is 5.32 Å². The first-order chi connectivity index (χ1) is 7.78. The Labute approximate surface area is 99.5 Å². The van der Waals surface area contributed by atoms with Gasteiger partial charge in [-0.05, 0) is 35.9 Å². The van der Waals surface area contributed by atoms with Crippen LogP contribution in [0.2, 0.25) is 5.02 Å². The minimum Gasteiger partial charge on any atom is -0.392 e. The molecule has 0 bridgehead atoms. The van der Waals surface area contributed by atoms with E-state index in [1.165, 1.54) is 0 Å². The number of aliphatic hydroxyl groups is 1. The Morgan fingerprint density at radius 3 is 2.38 bits per heavy atom. The van der Waals surface area contributed by atoms with E-state index in [1.807, 2.05) is 48.5 Å². The number of nitrogens with one attached hydrogen (secondary N) is 1. The fraction of sp³-hybridized carbons (Fsp3) is 0.0769. The minimum absolute atomic E-state index is 0.0669. The fourth-order valence-corrected chi connectivity index (χ4v) is 1.62. The van der Waals surface area contributed by atoms with Crippen molar-refractivity contribution in [3.05, 3.63) is 59.1 Å². The molecule has 2 N–H and O–H groups in total. The summed E-state index contributed by atoms with van der Waals surface area (Å²) in [5.74, 6) is 0. The van der Waals surface area contributed by atoms with Gasteiger partial charge in [-0.3, -0.25) is 0 Å². The van der Waals surface area contributed by atoms with Gasteiger partial charge in [0, 0.05) is 16.4 Å². The maximum absolute atomic E-state index is 8.92. The second kappa shape index (κ2) is 5.01. The summed E-state index contributed by atoms with van der Waals surface area (Å²) in [6, 6.07) is 15.2. The third-order valence-corrected chi connectivity index (χ3v) is 2.48. The highest BCUT2D eigenvalue weighted by Crippen LogP contribution is 2.20. The zero-order chi connectivity index (χ0) is 11.4. The highest BCUT2D eigenvalue weighted by Gasteiger charge is 1.96. The molecule has 0 unspecified atom stereocenters. The summed E-state index contributed by atoms with van der Waals surface area (Å²) in [7, 11) is 0. The Morgan fingerprint density at radius 2 is 1.75 bits per heavy atom. The molecule has 0 saturated heterocycles. The van der Waals surface area contributed by atoms with Crippen LogP contribution < -0.4 is 5.32 Å². The van der Waals surface area contributed by atoms with Crippen molar-refractivity contribution < 1.29 is 5.11 Å². The van der Waals surface area contributed by atoms with E-state index in [1.54, 1.807) is 0 Å². The normalized spacial score (nSPS) is 10.1. The molecule has 0 radical (unpaired) electrons. The van der Waals surface area contributed by atoms with E-state index in [-0.39, 0.29) is 6.61 Å². The summed E-state index contributed by atoms with van der Waals surface area (Å²) in [4.78, 5) is 0. The van der Waals surface area contributed by atoms with Gasteiger partial charge in [0.25, 0.3) is 0 Å². The summed E-state index contributed by atoms with van der Waals surface area (Å²) in [6.07, 6.45) is 0. The van der Waals surface area contributed by atoms with E-state index in [2.05, 4.69) is 5.32 Å². The molecule has 0 aromatic heterocycles.